The number of hydrogen-bond acceptors (Lipinski definition) is 4. The number of hydrogen-bond donors (Lipinski definition) is 1. The molecule has 168 valence electrons. The van der Waals surface area contributed by atoms with Crippen LogP contribution >= 0.6 is 15.9 Å². The van der Waals surface area contributed by atoms with E-state index in [9.17, 15) is 22.4 Å². The minimum Gasteiger partial charge on any atom is -0.357 e. The van der Waals surface area contributed by atoms with Gasteiger partial charge in [-0.1, -0.05) is 41.1 Å². The van der Waals surface area contributed by atoms with Gasteiger partial charge in [0.15, 0.2) is 0 Å². The maximum Gasteiger partial charge on any atom is 0.244 e. The predicted octanol–water partition coefficient (Wildman–Crippen LogP) is 2.91. The normalized spacial score (nSPS) is 12.2. The van der Waals surface area contributed by atoms with E-state index in [0.717, 1.165) is 10.6 Å². The molecule has 10 heteroatoms. The van der Waals surface area contributed by atoms with Crippen LogP contribution in [0.5, 0.6) is 0 Å². The summed E-state index contributed by atoms with van der Waals surface area (Å²) >= 11 is 3.30. The maximum atomic E-state index is 13.3. The van der Waals surface area contributed by atoms with Crippen LogP contribution in [-0.4, -0.2) is 51.0 Å². The number of likely N-dealkylation sites (N-methyl/N-ethyl adjacent to an activating group) is 1. The minimum absolute atomic E-state index is 0.0289. The van der Waals surface area contributed by atoms with E-state index in [2.05, 4.69) is 21.2 Å². The molecule has 0 aliphatic carbocycles. The van der Waals surface area contributed by atoms with E-state index >= 15 is 0 Å². The fourth-order valence-corrected chi connectivity index (χ4v) is 4.35. The van der Waals surface area contributed by atoms with Crippen molar-refractivity contribution in [1.29, 1.82) is 0 Å². The third-order valence-corrected chi connectivity index (χ3v) is 6.31. The Kier molecular flexibility index (Phi) is 8.58. The average Bonchev–Trinajstić information content (AvgIpc) is 2.72. The van der Waals surface area contributed by atoms with Crippen LogP contribution in [0.2, 0.25) is 0 Å². The molecule has 0 fully saturated rings. The molecule has 0 saturated carbocycles. The molecule has 0 heterocycles. The Morgan fingerprint density at radius 1 is 1.16 bits per heavy atom. The van der Waals surface area contributed by atoms with E-state index in [1.165, 1.54) is 36.2 Å². The first kappa shape index (κ1) is 24.8. The van der Waals surface area contributed by atoms with Gasteiger partial charge < -0.3 is 10.2 Å². The Labute approximate surface area is 190 Å². The largest absolute Gasteiger partial charge is 0.357 e. The number of carbonyl (C=O) groups is 2. The number of nitrogens with one attached hydrogen (secondary N) is 1. The van der Waals surface area contributed by atoms with Crippen LogP contribution in [0.1, 0.15) is 18.9 Å². The smallest absolute Gasteiger partial charge is 0.244 e. The molecule has 2 aromatic carbocycles. The molecular formula is C21H25BrFN3O4S. The van der Waals surface area contributed by atoms with Gasteiger partial charge in [0.1, 0.15) is 18.4 Å². The summed E-state index contributed by atoms with van der Waals surface area (Å²) < 4.78 is 39.8. The molecule has 0 spiro atoms. The fraction of sp³-hybridized carbons (Fsp3) is 0.333. The van der Waals surface area contributed by atoms with Crippen molar-refractivity contribution in [1.82, 2.24) is 10.2 Å². The Balaban J connectivity index is 2.41. The number of amides is 2. The Hall–Kier alpha value is -2.46. The second kappa shape index (κ2) is 10.7. The number of anilines is 1. The Bertz CT molecular complexity index is 1030. The van der Waals surface area contributed by atoms with Crippen molar-refractivity contribution < 1.29 is 22.4 Å². The topological polar surface area (TPSA) is 86.8 Å². The highest BCUT2D eigenvalue weighted by Gasteiger charge is 2.31. The third kappa shape index (κ3) is 6.76. The molecule has 1 N–H and O–H groups in total. The number of benzene rings is 2. The van der Waals surface area contributed by atoms with E-state index in [0.29, 0.717) is 22.1 Å². The molecule has 0 saturated heterocycles. The molecule has 0 aromatic heterocycles. The number of rotatable bonds is 9. The van der Waals surface area contributed by atoms with Gasteiger partial charge in [-0.05, 0) is 42.3 Å². The molecule has 2 rings (SSSR count). The molecule has 31 heavy (non-hydrogen) atoms. The molecule has 2 amide bonds. The first-order valence-corrected chi connectivity index (χ1v) is 12.2. The average molecular weight is 514 g/mol. The van der Waals surface area contributed by atoms with Crippen LogP contribution < -0.4 is 9.62 Å². The van der Waals surface area contributed by atoms with E-state index in [1.54, 1.807) is 31.2 Å². The van der Waals surface area contributed by atoms with Gasteiger partial charge in [0.2, 0.25) is 21.8 Å². The van der Waals surface area contributed by atoms with Gasteiger partial charge in [-0.2, -0.15) is 0 Å². The van der Waals surface area contributed by atoms with Gasteiger partial charge in [-0.25, -0.2) is 12.8 Å². The predicted molar refractivity (Wildman–Crippen MR) is 121 cm³/mol. The van der Waals surface area contributed by atoms with E-state index in [1.807, 2.05) is 0 Å². The lowest BCUT2D eigenvalue weighted by atomic mass is 10.1. The number of nitrogens with zero attached hydrogens (tertiary/aromatic N) is 2. The highest BCUT2D eigenvalue weighted by atomic mass is 79.9. The summed E-state index contributed by atoms with van der Waals surface area (Å²) in [6, 6.07) is 11.3. The van der Waals surface area contributed by atoms with Crippen molar-refractivity contribution in [3.63, 3.8) is 0 Å². The van der Waals surface area contributed by atoms with Crippen molar-refractivity contribution in [2.45, 2.75) is 25.9 Å². The van der Waals surface area contributed by atoms with Crippen LogP contribution in [0.25, 0.3) is 0 Å². The van der Waals surface area contributed by atoms with Gasteiger partial charge in [0.25, 0.3) is 0 Å². The molecule has 2 aromatic rings. The van der Waals surface area contributed by atoms with E-state index in [-0.39, 0.29) is 12.5 Å². The summed E-state index contributed by atoms with van der Waals surface area (Å²) in [5.74, 6) is -1.34. The zero-order valence-electron chi connectivity index (χ0n) is 17.5. The second-order valence-electron chi connectivity index (χ2n) is 6.94. The van der Waals surface area contributed by atoms with Crippen molar-refractivity contribution in [2.24, 2.45) is 0 Å². The Morgan fingerprint density at radius 3 is 2.32 bits per heavy atom. The van der Waals surface area contributed by atoms with Crippen molar-refractivity contribution in [3.05, 3.63) is 64.4 Å². The minimum atomic E-state index is -3.79. The van der Waals surface area contributed by atoms with Crippen LogP contribution in [0.4, 0.5) is 10.1 Å². The van der Waals surface area contributed by atoms with E-state index < -0.39 is 34.3 Å². The van der Waals surface area contributed by atoms with Gasteiger partial charge in [-0.15, -0.1) is 0 Å². The highest BCUT2D eigenvalue weighted by molar-refractivity contribution is 9.10. The lowest BCUT2D eigenvalue weighted by Gasteiger charge is -2.32. The van der Waals surface area contributed by atoms with Crippen LogP contribution in [0.3, 0.4) is 0 Å². The second-order valence-corrected chi connectivity index (χ2v) is 9.76. The molecular weight excluding hydrogens is 489 g/mol. The van der Waals surface area contributed by atoms with Crippen LogP contribution in [0, 0.1) is 5.82 Å². The standard InChI is InChI=1S/C21H25BrFN3O4S/c1-4-19(21(28)24-2)25(13-15-8-10-17(23)11-9-15)20(27)14-26(31(3,29)30)18-7-5-6-16(22)12-18/h5-12,19H,4,13-14H2,1-3H3,(H,24,28). The SMILES string of the molecule is CCC(C(=O)NC)N(Cc1ccc(F)cc1)C(=O)CN(c1cccc(Br)c1)S(C)(=O)=O. The summed E-state index contributed by atoms with van der Waals surface area (Å²) in [4.78, 5) is 27.1. The first-order valence-electron chi connectivity index (χ1n) is 9.55. The van der Waals surface area contributed by atoms with Gasteiger partial charge >= 0.3 is 0 Å². The highest BCUT2D eigenvalue weighted by Crippen LogP contribution is 2.23. The van der Waals surface area contributed by atoms with Crippen molar-refractivity contribution >= 4 is 43.5 Å². The number of carbonyl (C=O) groups excluding carboxylic acids is 2. The summed E-state index contributed by atoms with van der Waals surface area (Å²) in [5.41, 5.74) is 0.936. The third-order valence-electron chi connectivity index (χ3n) is 4.67. The van der Waals surface area contributed by atoms with Crippen LogP contribution in [-0.2, 0) is 26.2 Å². The summed E-state index contributed by atoms with van der Waals surface area (Å²) in [7, 11) is -2.32. The molecule has 1 atom stereocenters. The molecule has 0 aliphatic heterocycles. The molecule has 0 bridgehead atoms. The van der Waals surface area contributed by atoms with Crippen molar-refractivity contribution in [3.8, 4) is 0 Å². The van der Waals surface area contributed by atoms with Gasteiger partial charge in [-0.3, -0.25) is 13.9 Å². The lowest BCUT2D eigenvalue weighted by molar-refractivity contribution is -0.140. The van der Waals surface area contributed by atoms with Crippen LogP contribution in [0.15, 0.2) is 53.0 Å². The molecule has 0 aliphatic rings. The zero-order valence-corrected chi connectivity index (χ0v) is 19.9. The van der Waals surface area contributed by atoms with Crippen molar-refractivity contribution in [2.75, 3.05) is 24.2 Å². The van der Waals surface area contributed by atoms with Gasteiger partial charge in [0.05, 0.1) is 11.9 Å². The first-order chi connectivity index (χ1) is 14.6. The molecule has 0 radical (unpaired) electrons. The molecule has 1 unspecified atom stereocenters. The van der Waals surface area contributed by atoms with Gasteiger partial charge in [0, 0.05) is 18.1 Å². The summed E-state index contributed by atoms with van der Waals surface area (Å²) in [6.45, 7) is 1.30. The molecule has 7 nitrogen and oxygen atoms in total. The van der Waals surface area contributed by atoms with E-state index in [4.69, 9.17) is 0 Å². The summed E-state index contributed by atoms with van der Waals surface area (Å²) in [6.07, 6.45) is 1.34. The maximum absolute atomic E-state index is 13.3. The zero-order chi connectivity index (χ0) is 23.2. The Morgan fingerprint density at radius 2 is 1.81 bits per heavy atom. The quantitative estimate of drug-likeness (QED) is 0.558. The monoisotopic (exact) mass is 513 g/mol. The number of halogens is 2. The summed E-state index contributed by atoms with van der Waals surface area (Å²) in [5, 5.41) is 2.54. The lowest BCUT2D eigenvalue weighted by Crippen LogP contribution is -2.51. The fourth-order valence-electron chi connectivity index (χ4n) is 3.12. The number of sulfonamides is 1.